The molecule has 3 fully saturated rings. The number of benzene rings is 3. The number of hydrogen-bond acceptors (Lipinski definition) is 9. The Balaban J connectivity index is 0.945. The fraction of sp³-hybridized carbons (Fsp3) is 0.500. The minimum absolute atomic E-state index is 0.0473. The third-order valence-electron chi connectivity index (χ3n) is 14.3. The Labute approximate surface area is 361 Å². The first kappa shape index (κ1) is 41.4. The first-order valence-electron chi connectivity index (χ1n) is 22.3. The number of methoxy groups -OCH3 is 2. The number of allylic oxidation sites excluding steroid dienone is 1. The van der Waals surface area contributed by atoms with Crippen molar-refractivity contribution in [2.75, 3.05) is 27.3 Å². The Morgan fingerprint density at radius 2 is 1.47 bits per heavy atom. The monoisotopic (exact) mass is 843 g/mol. The zero-order valence-electron chi connectivity index (χ0n) is 36.5. The lowest BCUT2D eigenvalue weighted by Gasteiger charge is -2.31. The summed E-state index contributed by atoms with van der Waals surface area (Å²) in [4.78, 5) is 69.7. The SMILES string of the molecule is CC[C@H](C)[C@H](NC(=O)OC)C(=O)N1CCC[C@H]1C1=NC=C(c2ccc3c(c2)Oc2cc4ccc5[nH]c([C@@H]6CCCN6C(=O)[C@@H](NC(=O)OC)[C@@H](C)CC)nc5c4cc2C32CC2)C1. The summed E-state index contributed by atoms with van der Waals surface area (Å²) in [5.41, 5.74) is 7.07. The van der Waals surface area contributed by atoms with Gasteiger partial charge in [-0.1, -0.05) is 58.7 Å². The van der Waals surface area contributed by atoms with Gasteiger partial charge in [-0.2, -0.15) is 0 Å². The van der Waals surface area contributed by atoms with Crippen molar-refractivity contribution < 1.29 is 33.4 Å². The van der Waals surface area contributed by atoms with Gasteiger partial charge in [-0.3, -0.25) is 14.6 Å². The van der Waals surface area contributed by atoms with Gasteiger partial charge in [0.15, 0.2) is 0 Å². The van der Waals surface area contributed by atoms with Gasteiger partial charge in [0.05, 0.1) is 37.3 Å². The fourth-order valence-electron chi connectivity index (χ4n) is 10.2. The molecule has 9 rings (SSSR count). The van der Waals surface area contributed by atoms with Gasteiger partial charge in [0.1, 0.15) is 29.4 Å². The summed E-state index contributed by atoms with van der Waals surface area (Å²) in [5, 5.41) is 7.63. The highest BCUT2D eigenvalue weighted by molar-refractivity contribution is 6.06. The highest BCUT2D eigenvalue weighted by Gasteiger charge is 2.52. The third-order valence-corrected chi connectivity index (χ3v) is 14.3. The van der Waals surface area contributed by atoms with Crippen molar-refractivity contribution in [3.8, 4) is 11.5 Å². The molecule has 326 valence electrons. The fourth-order valence-corrected chi connectivity index (χ4v) is 10.2. The molecule has 4 aliphatic heterocycles. The molecule has 14 nitrogen and oxygen atoms in total. The zero-order valence-corrected chi connectivity index (χ0v) is 36.5. The zero-order chi connectivity index (χ0) is 43.4. The molecule has 1 saturated carbocycles. The van der Waals surface area contributed by atoms with E-state index in [-0.39, 0.29) is 41.1 Å². The van der Waals surface area contributed by atoms with Crippen molar-refractivity contribution in [1.29, 1.82) is 0 Å². The highest BCUT2D eigenvalue weighted by atomic mass is 16.5. The number of ether oxygens (including phenoxy) is 3. The molecule has 0 unspecified atom stereocenters. The Morgan fingerprint density at radius 1 is 0.839 bits per heavy atom. The average Bonchev–Trinajstić information content (AvgIpc) is 3.82. The van der Waals surface area contributed by atoms with Crippen LogP contribution in [-0.2, 0) is 24.5 Å². The van der Waals surface area contributed by atoms with E-state index in [4.69, 9.17) is 24.2 Å². The first-order chi connectivity index (χ1) is 30.0. The maximum absolute atomic E-state index is 14.0. The van der Waals surface area contributed by atoms with E-state index in [2.05, 4.69) is 52.0 Å². The number of aromatic amines is 1. The number of H-pyrrole nitrogens is 1. The van der Waals surface area contributed by atoms with Gasteiger partial charge in [0.2, 0.25) is 11.8 Å². The van der Waals surface area contributed by atoms with Crippen LogP contribution in [0.3, 0.4) is 0 Å². The quantitative estimate of drug-likeness (QED) is 0.136. The van der Waals surface area contributed by atoms with E-state index >= 15 is 0 Å². The van der Waals surface area contributed by atoms with Crippen LogP contribution in [0.25, 0.3) is 27.4 Å². The molecule has 5 heterocycles. The van der Waals surface area contributed by atoms with Gasteiger partial charge >= 0.3 is 12.2 Å². The van der Waals surface area contributed by atoms with Crippen LogP contribution in [0.5, 0.6) is 11.5 Å². The molecule has 62 heavy (non-hydrogen) atoms. The standard InChI is InChI=1S/C48H57N7O7/c1-7-26(3)40(52-46(58)60-5)44(56)54-19-9-11-36(54)35-21-30(25-49-35)28-13-15-32-38(22-28)62-39-23-29-14-16-34-42(31(29)24-33(39)48(32)17-18-48)51-43(50-34)37-12-10-20-55(37)45(57)41(27(4)8-2)53-47(59)61-6/h13-16,22-27,36-37,40-41H,7-12,17-21H2,1-6H3,(H,50,51)(H,52,58)(H,53,59)/t26-,27-,36-,37-,40-,41-/m0/s1. The van der Waals surface area contributed by atoms with Gasteiger partial charge < -0.3 is 39.6 Å². The summed E-state index contributed by atoms with van der Waals surface area (Å²) in [6.45, 7) is 9.19. The lowest BCUT2D eigenvalue weighted by Crippen LogP contribution is -2.54. The number of fused-ring (bicyclic) bond motifs is 7. The van der Waals surface area contributed by atoms with E-state index < -0.39 is 24.3 Å². The van der Waals surface area contributed by atoms with E-state index in [0.29, 0.717) is 19.5 Å². The number of imidazole rings is 1. The van der Waals surface area contributed by atoms with E-state index in [0.717, 1.165) is 107 Å². The maximum atomic E-state index is 14.0. The number of carbonyl (C=O) groups is 4. The summed E-state index contributed by atoms with van der Waals surface area (Å²) in [7, 11) is 2.62. The van der Waals surface area contributed by atoms with Crippen molar-refractivity contribution in [3.05, 3.63) is 71.2 Å². The predicted molar refractivity (Wildman–Crippen MR) is 236 cm³/mol. The van der Waals surface area contributed by atoms with E-state index in [1.54, 1.807) is 0 Å². The molecule has 3 aromatic carbocycles. The summed E-state index contributed by atoms with van der Waals surface area (Å²) in [5.74, 6) is 2.14. The first-order valence-corrected chi connectivity index (χ1v) is 22.3. The molecule has 14 heteroatoms. The molecule has 3 N–H and O–H groups in total. The van der Waals surface area contributed by atoms with Crippen LogP contribution in [0.15, 0.2) is 53.7 Å². The largest absolute Gasteiger partial charge is 0.457 e. The van der Waals surface area contributed by atoms with Gasteiger partial charge in [-0.05, 0) is 91.1 Å². The minimum Gasteiger partial charge on any atom is -0.457 e. The Hall–Kier alpha value is -5.92. The summed E-state index contributed by atoms with van der Waals surface area (Å²) < 4.78 is 16.5. The van der Waals surface area contributed by atoms with E-state index in [1.807, 2.05) is 49.8 Å². The molecule has 6 atom stereocenters. The summed E-state index contributed by atoms with van der Waals surface area (Å²) >= 11 is 0. The maximum Gasteiger partial charge on any atom is 0.407 e. The van der Waals surface area contributed by atoms with Gasteiger partial charge in [-0.25, -0.2) is 14.6 Å². The van der Waals surface area contributed by atoms with E-state index in [9.17, 15) is 19.2 Å². The van der Waals surface area contributed by atoms with Crippen molar-refractivity contribution in [3.63, 3.8) is 0 Å². The van der Waals surface area contributed by atoms with Gasteiger partial charge in [0.25, 0.3) is 0 Å². The van der Waals surface area contributed by atoms with Crippen LogP contribution < -0.4 is 15.4 Å². The van der Waals surface area contributed by atoms with Crippen LogP contribution in [0, 0.1) is 11.8 Å². The number of alkyl carbamates (subject to hydrolysis) is 2. The molecule has 2 saturated heterocycles. The molecule has 1 spiro atoms. The number of carbonyl (C=O) groups excluding carboxylic acids is 4. The molecule has 4 aromatic rings. The predicted octanol–water partition coefficient (Wildman–Crippen LogP) is 8.28. The smallest absolute Gasteiger partial charge is 0.407 e. The number of amides is 4. The molecule has 1 aliphatic carbocycles. The molecule has 0 radical (unpaired) electrons. The lowest BCUT2D eigenvalue weighted by molar-refractivity contribution is -0.136. The topological polar surface area (TPSA) is 168 Å². The second-order valence-electron chi connectivity index (χ2n) is 17.9. The van der Waals surface area contributed by atoms with E-state index in [1.165, 1.54) is 25.3 Å². The lowest BCUT2D eigenvalue weighted by atomic mass is 9.82. The number of hydrogen-bond donors (Lipinski definition) is 3. The molecular weight excluding hydrogens is 787 g/mol. The number of rotatable bonds is 11. The van der Waals surface area contributed by atoms with Crippen molar-refractivity contribution in [2.24, 2.45) is 16.8 Å². The summed E-state index contributed by atoms with van der Waals surface area (Å²) in [6, 6.07) is 13.4. The van der Waals surface area contributed by atoms with Crippen LogP contribution in [0.4, 0.5) is 9.59 Å². The van der Waals surface area contributed by atoms with Crippen molar-refractivity contribution in [2.45, 2.75) is 115 Å². The second kappa shape index (κ2) is 16.4. The van der Waals surface area contributed by atoms with Crippen LogP contribution in [-0.4, -0.2) is 94.9 Å². The molecular formula is C48H57N7O7. The number of aromatic nitrogens is 2. The third kappa shape index (κ3) is 7.14. The van der Waals surface area contributed by atoms with Crippen molar-refractivity contribution in [1.82, 2.24) is 30.4 Å². The van der Waals surface area contributed by atoms with Crippen LogP contribution in [0.1, 0.15) is 114 Å². The van der Waals surface area contributed by atoms with Gasteiger partial charge in [-0.15, -0.1) is 0 Å². The van der Waals surface area contributed by atoms with Crippen LogP contribution >= 0.6 is 0 Å². The molecule has 0 bridgehead atoms. The summed E-state index contributed by atoms with van der Waals surface area (Å²) in [6.07, 6.45) is 8.19. The Bertz CT molecular complexity index is 2520. The number of likely N-dealkylation sites (tertiary alicyclic amines) is 2. The Kier molecular flexibility index (Phi) is 11.0. The van der Waals surface area contributed by atoms with Crippen molar-refractivity contribution >= 4 is 57.1 Å². The number of aliphatic imine (C=N–C) groups is 1. The van der Waals surface area contributed by atoms with Crippen LogP contribution in [0.2, 0.25) is 0 Å². The molecule has 5 aliphatic rings. The average molecular weight is 844 g/mol. The Morgan fingerprint density at radius 3 is 2.10 bits per heavy atom. The molecule has 4 amide bonds. The second-order valence-corrected chi connectivity index (χ2v) is 17.9. The number of nitrogens with one attached hydrogen (secondary N) is 3. The van der Waals surface area contributed by atoms with Gasteiger partial charge in [0, 0.05) is 53.4 Å². The highest BCUT2D eigenvalue weighted by Crippen LogP contribution is 2.62. The number of nitrogens with zero attached hydrogens (tertiary/aromatic N) is 4. The normalized spacial score (nSPS) is 21.6. The minimum atomic E-state index is -0.689. The molecule has 1 aromatic heterocycles.